The molecule has 0 saturated carbocycles. The normalized spacial score (nSPS) is 17.5. The highest BCUT2D eigenvalue weighted by molar-refractivity contribution is 6.30. The average Bonchev–Trinajstić information content (AvgIpc) is 3.10. The van der Waals surface area contributed by atoms with Gasteiger partial charge in [0, 0.05) is 56.1 Å². The van der Waals surface area contributed by atoms with Gasteiger partial charge in [0.2, 0.25) is 0 Å². The number of pyridine rings is 1. The number of amides is 1. The molecule has 1 N–H and O–H groups in total. The Balaban J connectivity index is 1.31. The molecule has 1 aromatic heterocycles. The van der Waals surface area contributed by atoms with Gasteiger partial charge < -0.3 is 24.4 Å². The number of halogens is 1. The van der Waals surface area contributed by atoms with E-state index in [0.717, 1.165) is 59.8 Å². The second kappa shape index (κ2) is 11.8. The molecule has 2 aromatic carbocycles. The minimum absolute atomic E-state index is 0.0266. The number of hydrogen-bond donors (Lipinski definition) is 1. The number of benzene rings is 2. The van der Waals surface area contributed by atoms with Gasteiger partial charge in [0.25, 0.3) is 5.91 Å². The van der Waals surface area contributed by atoms with Crippen molar-refractivity contribution in [3.8, 4) is 11.5 Å². The van der Waals surface area contributed by atoms with Crippen molar-refractivity contribution in [3.05, 3.63) is 94.3 Å². The van der Waals surface area contributed by atoms with Crippen LogP contribution in [-0.2, 0) is 17.0 Å². The second-order valence-corrected chi connectivity index (χ2v) is 10.7. The van der Waals surface area contributed by atoms with Gasteiger partial charge in [-0.1, -0.05) is 35.9 Å². The van der Waals surface area contributed by atoms with Gasteiger partial charge in [-0.2, -0.15) is 0 Å². The number of carbonyl (C=O) groups excluding carboxylic acids is 1. The summed E-state index contributed by atoms with van der Waals surface area (Å²) in [6.07, 6.45) is 6.21. The summed E-state index contributed by atoms with van der Waals surface area (Å²) >= 11 is 6.03. The highest BCUT2D eigenvalue weighted by Gasteiger charge is 2.33. The molecule has 2 aliphatic rings. The Morgan fingerprint density at radius 3 is 2.67 bits per heavy atom. The molecule has 3 heterocycles. The monoisotopic (exact) mass is 547 g/mol. The highest BCUT2D eigenvalue weighted by Crippen LogP contribution is 2.39. The summed E-state index contributed by atoms with van der Waals surface area (Å²) in [5.74, 6) is 1.27. The van der Waals surface area contributed by atoms with Gasteiger partial charge in [0.05, 0.1) is 11.3 Å². The van der Waals surface area contributed by atoms with Crippen molar-refractivity contribution in [2.24, 2.45) is 0 Å². The van der Waals surface area contributed by atoms with E-state index >= 15 is 0 Å². The Hall–Kier alpha value is -3.39. The van der Waals surface area contributed by atoms with Gasteiger partial charge in [0.15, 0.2) is 6.61 Å². The predicted molar refractivity (Wildman–Crippen MR) is 152 cm³/mol. The lowest BCUT2D eigenvalue weighted by molar-refractivity contribution is -0.130. The van der Waals surface area contributed by atoms with E-state index < -0.39 is 5.60 Å². The lowest BCUT2D eigenvalue weighted by atomic mass is 9.84. The van der Waals surface area contributed by atoms with Crippen LogP contribution in [0, 0.1) is 0 Å². The molecule has 0 unspecified atom stereocenters. The van der Waals surface area contributed by atoms with Gasteiger partial charge in [0.1, 0.15) is 18.1 Å². The van der Waals surface area contributed by atoms with Gasteiger partial charge in [-0.05, 0) is 66.8 Å². The lowest BCUT2D eigenvalue weighted by Gasteiger charge is -2.38. The van der Waals surface area contributed by atoms with Gasteiger partial charge in [-0.25, -0.2) is 0 Å². The molecular formula is C31H34ClN3O4. The topological polar surface area (TPSA) is 75.1 Å². The molecule has 204 valence electrons. The van der Waals surface area contributed by atoms with Crippen LogP contribution in [0.4, 0.5) is 0 Å². The number of carbonyl (C=O) groups is 1. The number of fused-ring (bicyclic) bond motifs is 2. The fourth-order valence-electron chi connectivity index (χ4n) is 5.11. The summed E-state index contributed by atoms with van der Waals surface area (Å²) in [5.41, 5.74) is 4.01. The Morgan fingerprint density at radius 2 is 1.92 bits per heavy atom. The first-order chi connectivity index (χ1) is 18.8. The molecule has 0 bridgehead atoms. The van der Waals surface area contributed by atoms with E-state index in [1.165, 1.54) is 4.90 Å². The Morgan fingerprint density at radius 1 is 1.15 bits per heavy atom. The van der Waals surface area contributed by atoms with Crippen LogP contribution in [0.2, 0.25) is 5.02 Å². The van der Waals surface area contributed by atoms with Crippen LogP contribution in [0.15, 0.2) is 66.9 Å². The average molecular weight is 548 g/mol. The molecule has 7 nitrogen and oxygen atoms in total. The van der Waals surface area contributed by atoms with E-state index in [4.69, 9.17) is 21.1 Å². The van der Waals surface area contributed by atoms with Crippen molar-refractivity contribution in [3.63, 3.8) is 0 Å². The molecule has 1 fully saturated rings. The van der Waals surface area contributed by atoms with Crippen LogP contribution in [-0.4, -0.2) is 66.1 Å². The SMILES string of the molecule is CN(C)C(=O)COc1ccc2c(c1)C(=CCCN1CCC(O)(c3ccc(Cl)cc3)CC1)c1cccnc1CO2. The quantitative estimate of drug-likeness (QED) is 0.453. The molecule has 1 amide bonds. The molecule has 5 rings (SSSR count). The van der Waals surface area contributed by atoms with E-state index in [2.05, 4.69) is 22.0 Å². The lowest BCUT2D eigenvalue weighted by Crippen LogP contribution is -2.42. The van der Waals surface area contributed by atoms with Gasteiger partial charge in [-0.15, -0.1) is 0 Å². The minimum Gasteiger partial charge on any atom is -0.487 e. The smallest absolute Gasteiger partial charge is 0.259 e. The highest BCUT2D eigenvalue weighted by atomic mass is 35.5. The van der Waals surface area contributed by atoms with Crippen molar-refractivity contribution in [1.82, 2.24) is 14.8 Å². The van der Waals surface area contributed by atoms with E-state index in [-0.39, 0.29) is 12.5 Å². The zero-order valence-corrected chi connectivity index (χ0v) is 23.2. The molecule has 0 aliphatic carbocycles. The van der Waals surface area contributed by atoms with Crippen LogP contribution in [0.3, 0.4) is 0 Å². The standard InChI is InChI=1S/C31H34ClN3O4/c1-34(2)30(36)21-38-24-11-12-29-27(19-24)25(26-5-3-15-33-28(26)20-39-29)6-4-16-35-17-13-31(37,14-18-35)22-7-9-23(32)10-8-22/h3,5-12,15,19,37H,4,13-14,16-18,20-21H2,1-2H3. The maximum atomic E-state index is 12.0. The number of aliphatic hydroxyl groups is 1. The molecule has 0 atom stereocenters. The first kappa shape index (κ1) is 27.2. The maximum absolute atomic E-state index is 12.0. The molecule has 3 aromatic rings. The van der Waals surface area contributed by atoms with E-state index in [0.29, 0.717) is 30.2 Å². The third-order valence-corrected chi connectivity index (χ3v) is 7.76. The number of hydrogen-bond acceptors (Lipinski definition) is 6. The summed E-state index contributed by atoms with van der Waals surface area (Å²) in [6, 6.07) is 17.2. The van der Waals surface area contributed by atoms with Crippen molar-refractivity contribution < 1.29 is 19.4 Å². The number of rotatable bonds is 7. The van der Waals surface area contributed by atoms with E-state index in [1.807, 2.05) is 48.5 Å². The zero-order valence-electron chi connectivity index (χ0n) is 22.4. The van der Waals surface area contributed by atoms with Crippen LogP contribution in [0.1, 0.15) is 41.6 Å². The molecule has 8 heteroatoms. The largest absolute Gasteiger partial charge is 0.487 e. The van der Waals surface area contributed by atoms with Crippen molar-refractivity contribution in [2.45, 2.75) is 31.5 Å². The molecule has 2 aliphatic heterocycles. The maximum Gasteiger partial charge on any atom is 0.259 e. The number of aromatic nitrogens is 1. The molecule has 0 spiro atoms. The van der Waals surface area contributed by atoms with Crippen molar-refractivity contribution in [2.75, 3.05) is 40.3 Å². The summed E-state index contributed by atoms with van der Waals surface area (Å²) in [7, 11) is 3.42. The van der Waals surface area contributed by atoms with Crippen LogP contribution in [0.25, 0.3) is 5.57 Å². The Labute approximate surface area is 234 Å². The number of likely N-dealkylation sites (N-methyl/N-ethyl adjacent to an activating group) is 1. The third kappa shape index (κ3) is 6.27. The summed E-state index contributed by atoms with van der Waals surface area (Å²) < 4.78 is 11.9. The fraction of sp³-hybridized carbons (Fsp3) is 0.355. The van der Waals surface area contributed by atoms with Crippen molar-refractivity contribution >= 4 is 23.1 Å². The first-order valence-electron chi connectivity index (χ1n) is 13.3. The van der Waals surface area contributed by atoms with Crippen LogP contribution < -0.4 is 9.47 Å². The molecular weight excluding hydrogens is 514 g/mol. The molecule has 1 saturated heterocycles. The summed E-state index contributed by atoms with van der Waals surface area (Å²) in [5, 5.41) is 11.9. The number of likely N-dealkylation sites (tertiary alicyclic amines) is 1. The fourth-order valence-corrected chi connectivity index (χ4v) is 5.23. The van der Waals surface area contributed by atoms with E-state index in [9.17, 15) is 9.90 Å². The van der Waals surface area contributed by atoms with Gasteiger partial charge in [-0.3, -0.25) is 9.78 Å². The molecule has 39 heavy (non-hydrogen) atoms. The summed E-state index contributed by atoms with van der Waals surface area (Å²) in [6.45, 7) is 2.87. The van der Waals surface area contributed by atoms with Crippen molar-refractivity contribution in [1.29, 1.82) is 0 Å². The van der Waals surface area contributed by atoms with Crippen LogP contribution in [0.5, 0.6) is 11.5 Å². The Kier molecular flexibility index (Phi) is 8.21. The number of nitrogens with zero attached hydrogens (tertiary/aromatic N) is 3. The first-order valence-corrected chi connectivity index (χ1v) is 13.7. The second-order valence-electron chi connectivity index (χ2n) is 10.3. The number of piperidine rings is 1. The van der Waals surface area contributed by atoms with Crippen LogP contribution >= 0.6 is 11.6 Å². The number of ether oxygens (including phenoxy) is 2. The summed E-state index contributed by atoms with van der Waals surface area (Å²) in [4.78, 5) is 20.5. The van der Waals surface area contributed by atoms with E-state index in [1.54, 1.807) is 20.3 Å². The predicted octanol–water partition coefficient (Wildman–Crippen LogP) is 4.90. The molecule has 0 radical (unpaired) electrons. The Bertz CT molecular complexity index is 1350. The minimum atomic E-state index is -0.813. The van der Waals surface area contributed by atoms with Gasteiger partial charge >= 0.3 is 0 Å². The third-order valence-electron chi connectivity index (χ3n) is 7.51. The zero-order chi connectivity index (χ0) is 27.4.